The van der Waals surface area contributed by atoms with Crippen molar-refractivity contribution in [2.75, 3.05) is 6.54 Å². The molecule has 1 aliphatic heterocycles. The molecule has 1 aromatic heterocycles. The predicted molar refractivity (Wildman–Crippen MR) is 70.3 cm³/mol. The Morgan fingerprint density at radius 2 is 2.33 bits per heavy atom. The first-order valence-corrected chi connectivity index (χ1v) is 6.64. The van der Waals surface area contributed by atoms with Crippen LogP contribution in [0, 0.1) is 6.92 Å². The zero-order valence-corrected chi connectivity index (χ0v) is 11.4. The van der Waals surface area contributed by atoms with Gasteiger partial charge in [0.2, 0.25) is 0 Å². The van der Waals surface area contributed by atoms with Crippen molar-refractivity contribution in [1.82, 2.24) is 14.7 Å². The standard InChI is InChI=1S/C13H22N4O/c1-4-17-12(7-9(2)15-17)13(18)16-6-5-11(14)8-10(16)3/h7,10-11H,4-6,8,14H2,1-3H3. The van der Waals surface area contributed by atoms with Crippen LogP contribution in [-0.2, 0) is 6.54 Å². The monoisotopic (exact) mass is 250 g/mol. The van der Waals surface area contributed by atoms with Gasteiger partial charge in [0.1, 0.15) is 5.69 Å². The molecule has 2 N–H and O–H groups in total. The van der Waals surface area contributed by atoms with Crippen molar-refractivity contribution >= 4 is 5.91 Å². The number of nitrogens with zero attached hydrogens (tertiary/aromatic N) is 3. The molecule has 0 spiro atoms. The minimum absolute atomic E-state index is 0.0804. The fraction of sp³-hybridized carbons (Fsp3) is 0.692. The highest BCUT2D eigenvalue weighted by atomic mass is 16.2. The van der Waals surface area contributed by atoms with Gasteiger partial charge in [0.05, 0.1) is 5.69 Å². The topological polar surface area (TPSA) is 64.2 Å². The molecule has 0 aliphatic carbocycles. The van der Waals surface area contributed by atoms with Gasteiger partial charge in [-0.05, 0) is 39.7 Å². The first-order valence-electron chi connectivity index (χ1n) is 6.64. The number of aromatic nitrogens is 2. The molecule has 2 rings (SSSR count). The molecule has 1 amide bonds. The summed E-state index contributed by atoms with van der Waals surface area (Å²) in [6, 6.07) is 2.30. The summed E-state index contributed by atoms with van der Waals surface area (Å²) in [5, 5.41) is 4.33. The number of nitrogens with two attached hydrogens (primary N) is 1. The SMILES string of the molecule is CCn1nc(C)cc1C(=O)N1CCC(N)CC1C. The summed E-state index contributed by atoms with van der Waals surface area (Å²) < 4.78 is 1.78. The number of hydrogen-bond donors (Lipinski definition) is 1. The van der Waals surface area contributed by atoms with E-state index >= 15 is 0 Å². The molecule has 18 heavy (non-hydrogen) atoms. The van der Waals surface area contributed by atoms with Gasteiger partial charge in [-0.3, -0.25) is 9.48 Å². The van der Waals surface area contributed by atoms with E-state index in [-0.39, 0.29) is 18.0 Å². The Labute approximate surface area is 108 Å². The number of amides is 1. The normalized spacial score (nSPS) is 24.3. The minimum atomic E-state index is 0.0804. The number of carbonyl (C=O) groups excluding carboxylic acids is 1. The van der Waals surface area contributed by atoms with E-state index in [1.165, 1.54) is 0 Å². The Balaban J connectivity index is 2.20. The van der Waals surface area contributed by atoms with Crippen LogP contribution < -0.4 is 5.73 Å². The molecule has 0 saturated carbocycles. The fourth-order valence-corrected chi connectivity index (χ4v) is 2.62. The molecule has 2 heterocycles. The number of rotatable bonds is 2. The number of aryl methyl sites for hydroxylation is 2. The Kier molecular flexibility index (Phi) is 3.71. The lowest BCUT2D eigenvalue weighted by Gasteiger charge is -2.36. The molecular formula is C13H22N4O. The molecule has 0 aromatic carbocycles. The van der Waals surface area contributed by atoms with Gasteiger partial charge >= 0.3 is 0 Å². The third kappa shape index (κ3) is 2.41. The lowest BCUT2D eigenvalue weighted by molar-refractivity contribution is 0.0606. The highest BCUT2D eigenvalue weighted by Crippen LogP contribution is 2.19. The second-order valence-electron chi connectivity index (χ2n) is 5.12. The van der Waals surface area contributed by atoms with Crippen molar-refractivity contribution in [3.63, 3.8) is 0 Å². The van der Waals surface area contributed by atoms with Crippen LogP contribution in [0.4, 0.5) is 0 Å². The van der Waals surface area contributed by atoms with Crippen molar-refractivity contribution in [3.8, 4) is 0 Å². The van der Waals surface area contributed by atoms with Crippen LogP contribution in [0.1, 0.15) is 42.9 Å². The average Bonchev–Trinajstić information content (AvgIpc) is 2.69. The molecule has 2 atom stereocenters. The second-order valence-corrected chi connectivity index (χ2v) is 5.12. The zero-order chi connectivity index (χ0) is 13.3. The molecule has 5 nitrogen and oxygen atoms in total. The van der Waals surface area contributed by atoms with Crippen molar-refractivity contribution < 1.29 is 4.79 Å². The van der Waals surface area contributed by atoms with E-state index in [1.54, 1.807) is 4.68 Å². The van der Waals surface area contributed by atoms with E-state index in [4.69, 9.17) is 5.73 Å². The van der Waals surface area contributed by atoms with Gasteiger partial charge in [-0.2, -0.15) is 5.10 Å². The number of carbonyl (C=O) groups is 1. The van der Waals surface area contributed by atoms with Crippen LogP contribution in [0.2, 0.25) is 0 Å². The quantitative estimate of drug-likeness (QED) is 0.856. The van der Waals surface area contributed by atoms with Gasteiger partial charge in [0, 0.05) is 25.2 Å². The smallest absolute Gasteiger partial charge is 0.272 e. The first kappa shape index (κ1) is 13.1. The van der Waals surface area contributed by atoms with E-state index in [0.29, 0.717) is 5.69 Å². The van der Waals surface area contributed by atoms with E-state index < -0.39 is 0 Å². The van der Waals surface area contributed by atoms with Gasteiger partial charge in [-0.1, -0.05) is 0 Å². The second kappa shape index (κ2) is 5.10. The Hall–Kier alpha value is -1.36. The summed E-state index contributed by atoms with van der Waals surface area (Å²) >= 11 is 0. The maximum atomic E-state index is 12.5. The van der Waals surface area contributed by atoms with E-state index in [9.17, 15) is 4.79 Å². The molecule has 100 valence electrons. The van der Waals surface area contributed by atoms with Crippen molar-refractivity contribution in [2.24, 2.45) is 5.73 Å². The Bertz CT molecular complexity index is 440. The molecule has 1 aliphatic rings. The summed E-state index contributed by atoms with van der Waals surface area (Å²) in [6.45, 7) is 7.44. The van der Waals surface area contributed by atoms with Crippen LogP contribution in [0.3, 0.4) is 0 Å². The van der Waals surface area contributed by atoms with Gasteiger partial charge in [-0.15, -0.1) is 0 Å². The van der Waals surface area contributed by atoms with Crippen LogP contribution in [0.25, 0.3) is 0 Å². The average molecular weight is 250 g/mol. The molecule has 0 bridgehead atoms. The number of likely N-dealkylation sites (tertiary alicyclic amines) is 1. The van der Waals surface area contributed by atoms with E-state index in [1.807, 2.05) is 24.8 Å². The zero-order valence-electron chi connectivity index (χ0n) is 11.4. The molecule has 0 radical (unpaired) electrons. The minimum Gasteiger partial charge on any atom is -0.335 e. The van der Waals surface area contributed by atoms with E-state index in [2.05, 4.69) is 12.0 Å². The van der Waals surface area contributed by atoms with Crippen LogP contribution in [0.5, 0.6) is 0 Å². The van der Waals surface area contributed by atoms with Crippen LogP contribution >= 0.6 is 0 Å². The molecule has 1 aromatic rings. The Morgan fingerprint density at radius 3 is 2.94 bits per heavy atom. The van der Waals surface area contributed by atoms with Gasteiger partial charge in [-0.25, -0.2) is 0 Å². The highest BCUT2D eigenvalue weighted by Gasteiger charge is 2.29. The third-order valence-corrected chi connectivity index (χ3v) is 3.60. The van der Waals surface area contributed by atoms with Gasteiger partial charge < -0.3 is 10.6 Å². The van der Waals surface area contributed by atoms with Gasteiger partial charge in [0.25, 0.3) is 5.91 Å². The summed E-state index contributed by atoms with van der Waals surface area (Å²) in [7, 11) is 0. The molecule has 2 unspecified atom stereocenters. The maximum Gasteiger partial charge on any atom is 0.272 e. The van der Waals surface area contributed by atoms with Crippen molar-refractivity contribution in [2.45, 2.75) is 52.2 Å². The van der Waals surface area contributed by atoms with Crippen LogP contribution in [-0.4, -0.2) is 39.2 Å². The fourth-order valence-electron chi connectivity index (χ4n) is 2.62. The Morgan fingerprint density at radius 1 is 1.61 bits per heavy atom. The first-order chi connectivity index (χ1) is 8.52. The van der Waals surface area contributed by atoms with Gasteiger partial charge in [0.15, 0.2) is 0 Å². The van der Waals surface area contributed by atoms with Crippen molar-refractivity contribution in [1.29, 1.82) is 0 Å². The summed E-state index contributed by atoms with van der Waals surface area (Å²) in [6.07, 6.45) is 1.76. The lowest BCUT2D eigenvalue weighted by atomic mass is 9.99. The highest BCUT2D eigenvalue weighted by molar-refractivity contribution is 5.93. The van der Waals surface area contributed by atoms with E-state index in [0.717, 1.165) is 31.6 Å². The summed E-state index contributed by atoms with van der Waals surface area (Å²) in [5.74, 6) is 0.0804. The van der Waals surface area contributed by atoms with Crippen LogP contribution in [0.15, 0.2) is 6.07 Å². The maximum absolute atomic E-state index is 12.5. The number of hydrogen-bond acceptors (Lipinski definition) is 3. The molecule has 1 saturated heterocycles. The molecule has 1 fully saturated rings. The molecular weight excluding hydrogens is 228 g/mol. The largest absolute Gasteiger partial charge is 0.335 e. The third-order valence-electron chi connectivity index (χ3n) is 3.60. The molecule has 5 heteroatoms. The summed E-state index contributed by atoms with van der Waals surface area (Å²) in [5.41, 5.74) is 7.51. The lowest BCUT2D eigenvalue weighted by Crippen LogP contribution is -2.48. The van der Waals surface area contributed by atoms with Crippen molar-refractivity contribution in [3.05, 3.63) is 17.5 Å². The predicted octanol–water partition coefficient (Wildman–Crippen LogP) is 1.16. The summed E-state index contributed by atoms with van der Waals surface area (Å²) in [4.78, 5) is 14.5. The number of piperidine rings is 1.